The van der Waals surface area contributed by atoms with Gasteiger partial charge in [-0.05, 0) is 31.2 Å². The van der Waals surface area contributed by atoms with Gasteiger partial charge in [-0.1, -0.05) is 0 Å². The Labute approximate surface area is 81.6 Å². The summed E-state index contributed by atoms with van der Waals surface area (Å²) in [6, 6.07) is 5.46. The molecule has 1 unspecified atom stereocenters. The molecule has 1 rings (SSSR count). The third kappa shape index (κ3) is 3.53. The van der Waals surface area contributed by atoms with Crippen LogP contribution in [0.5, 0.6) is 0 Å². The maximum atomic E-state index is 12.5. The van der Waals surface area contributed by atoms with Crippen LogP contribution in [0, 0.1) is 5.82 Å². The van der Waals surface area contributed by atoms with Crippen molar-refractivity contribution in [1.29, 1.82) is 0 Å². The number of halogens is 1. The van der Waals surface area contributed by atoms with Gasteiger partial charge in [-0.25, -0.2) is 4.39 Å². The van der Waals surface area contributed by atoms with E-state index in [-0.39, 0.29) is 18.1 Å². The predicted molar refractivity (Wildman–Crippen MR) is 51.3 cm³/mol. The Bertz CT molecular complexity index is 308. The standard InChI is InChI=1S/C10H12FNO2/c1-7(13)6-10(14)12-9-4-2-8(11)3-5-9/h2-5,7,13H,6H2,1H3,(H,12,14). The molecule has 0 aromatic heterocycles. The Kier molecular flexibility index (Phi) is 3.59. The van der Waals surface area contributed by atoms with Gasteiger partial charge in [0.25, 0.3) is 0 Å². The Balaban J connectivity index is 2.52. The molecule has 0 radical (unpaired) electrons. The van der Waals surface area contributed by atoms with E-state index in [4.69, 9.17) is 5.11 Å². The number of hydrogen-bond donors (Lipinski definition) is 2. The number of rotatable bonds is 3. The smallest absolute Gasteiger partial charge is 0.226 e. The van der Waals surface area contributed by atoms with Crippen molar-refractivity contribution < 1.29 is 14.3 Å². The van der Waals surface area contributed by atoms with E-state index >= 15 is 0 Å². The molecule has 0 aliphatic rings. The summed E-state index contributed by atoms with van der Waals surface area (Å²) in [5.41, 5.74) is 0.525. The lowest BCUT2D eigenvalue weighted by atomic mass is 10.2. The second-order valence-electron chi connectivity index (χ2n) is 3.11. The van der Waals surface area contributed by atoms with Crippen molar-refractivity contribution in [3.8, 4) is 0 Å². The first kappa shape index (κ1) is 10.7. The monoisotopic (exact) mass is 197 g/mol. The van der Waals surface area contributed by atoms with Gasteiger partial charge in [0, 0.05) is 5.69 Å². The van der Waals surface area contributed by atoms with Crippen LogP contribution in [-0.2, 0) is 4.79 Å². The van der Waals surface area contributed by atoms with E-state index in [0.717, 1.165) is 0 Å². The number of anilines is 1. The van der Waals surface area contributed by atoms with Gasteiger partial charge in [0.15, 0.2) is 0 Å². The SMILES string of the molecule is CC(O)CC(=O)Nc1ccc(F)cc1. The minimum Gasteiger partial charge on any atom is -0.393 e. The molecule has 0 saturated heterocycles. The number of nitrogens with one attached hydrogen (secondary N) is 1. The van der Waals surface area contributed by atoms with Crippen LogP contribution in [0.25, 0.3) is 0 Å². The lowest BCUT2D eigenvalue weighted by Crippen LogP contribution is -2.17. The topological polar surface area (TPSA) is 49.3 Å². The molecule has 0 aliphatic heterocycles. The van der Waals surface area contributed by atoms with Crippen LogP contribution < -0.4 is 5.32 Å². The van der Waals surface area contributed by atoms with Crippen LogP contribution in [0.2, 0.25) is 0 Å². The molecule has 0 aliphatic carbocycles. The van der Waals surface area contributed by atoms with Crippen LogP contribution in [0.15, 0.2) is 24.3 Å². The highest BCUT2D eigenvalue weighted by Gasteiger charge is 2.05. The second-order valence-corrected chi connectivity index (χ2v) is 3.11. The fraction of sp³-hybridized carbons (Fsp3) is 0.300. The van der Waals surface area contributed by atoms with E-state index in [1.807, 2.05) is 0 Å². The molecule has 76 valence electrons. The van der Waals surface area contributed by atoms with Crippen LogP contribution in [-0.4, -0.2) is 17.1 Å². The average molecular weight is 197 g/mol. The van der Waals surface area contributed by atoms with Gasteiger partial charge in [-0.15, -0.1) is 0 Å². The molecule has 1 atom stereocenters. The number of amides is 1. The number of aliphatic hydroxyl groups excluding tert-OH is 1. The van der Waals surface area contributed by atoms with Gasteiger partial charge < -0.3 is 10.4 Å². The predicted octanol–water partition coefficient (Wildman–Crippen LogP) is 1.54. The molecule has 0 saturated carbocycles. The zero-order valence-corrected chi connectivity index (χ0v) is 7.83. The summed E-state index contributed by atoms with van der Waals surface area (Å²) in [7, 11) is 0. The highest BCUT2D eigenvalue weighted by atomic mass is 19.1. The minimum absolute atomic E-state index is 0.0391. The summed E-state index contributed by atoms with van der Waals surface area (Å²) in [5, 5.41) is 11.5. The normalized spacial score (nSPS) is 12.2. The minimum atomic E-state index is -0.671. The molecule has 1 amide bonds. The molecule has 0 spiro atoms. The largest absolute Gasteiger partial charge is 0.393 e. The molecule has 2 N–H and O–H groups in total. The van der Waals surface area contributed by atoms with Gasteiger partial charge in [-0.3, -0.25) is 4.79 Å². The van der Waals surface area contributed by atoms with Crippen LogP contribution in [0.4, 0.5) is 10.1 Å². The van der Waals surface area contributed by atoms with Crippen molar-refractivity contribution >= 4 is 11.6 Å². The Hall–Kier alpha value is -1.42. The number of benzene rings is 1. The van der Waals surface area contributed by atoms with Crippen LogP contribution >= 0.6 is 0 Å². The number of carbonyl (C=O) groups is 1. The van der Waals surface area contributed by atoms with Gasteiger partial charge in [-0.2, -0.15) is 0 Å². The average Bonchev–Trinajstić information content (AvgIpc) is 2.07. The molecule has 0 fully saturated rings. The summed E-state index contributed by atoms with van der Waals surface area (Å²) in [6.45, 7) is 1.53. The van der Waals surface area contributed by atoms with Gasteiger partial charge in [0.2, 0.25) is 5.91 Å². The van der Waals surface area contributed by atoms with Crippen LogP contribution in [0.3, 0.4) is 0 Å². The molecule has 4 heteroatoms. The van der Waals surface area contributed by atoms with E-state index < -0.39 is 6.10 Å². The second kappa shape index (κ2) is 4.72. The van der Waals surface area contributed by atoms with Crippen molar-refractivity contribution in [1.82, 2.24) is 0 Å². The molecule has 1 aromatic rings. The molecule has 3 nitrogen and oxygen atoms in total. The van der Waals surface area contributed by atoms with E-state index in [1.165, 1.54) is 31.2 Å². The Morgan fingerprint density at radius 2 is 2.07 bits per heavy atom. The quantitative estimate of drug-likeness (QED) is 0.772. The maximum Gasteiger partial charge on any atom is 0.226 e. The third-order valence-electron chi connectivity index (χ3n) is 1.61. The molecule has 0 bridgehead atoms. The third-order valence-corrected chi connectivity index (χ3v) is 1.61. The van der Waals surface area contributed by atoms with Gasteiger partial charge in [0.05, 0.1) is 12.5 Å². The summed E-state index contributed by atoms with van der Waals surface area (Å²) >= 11 is 0. The lowest BCUT2D eigenvalue weighted by Gasteiger charge is -2.06. The van der Waals surface area contributed by atoms with E-state index in [1.54, 1.807) is 0 Å². The Morgan fingerprint density at radius 3 is 2.57 bits per heavy atom. The van der Waals surface area contributed by atoms with E-state index in [0.29, 0.717) is 5.69 Å². The highest BCUT2D eigenvalue weighted by Crippen LogP contribution is 2.08. The summed E-state index contributed by atoms with van der Waals surface area (Å²) < 4.78 is 12.5. The van der Waals surface area contributed by atoms with Crippen LogP contribution in [0.1, 0.15) is 13.3 Å². The maximum absolute atomic E-state index is 12.5. The number of aliphatic hydroxyl groups is 1. The zero-order valence-electron chi connectivity index (χ0n) is 7.83. The highest BCUT2D eigenvalue weighted by molar-refractivity contribution is 5.90. The van der Waals surface area contributed by atoms with Gasteiger partial charge in [0.1, 0.15) is 5.82 Å². The van der Waals surface area contributed by atoms with Crippen molar-refractivity contribution in [2.75, 3.05) is 5.32 Å². The first-order chi connectivity index (χ1) is 6.58. The van der Waals surface area contributed by atoms with Crippen molar-refractivity contribution in [3.63, 3.8) is 0 Å². The molecule has 0 heterocycles. The first-order valence-electron chi connectivity index (χ1n) is 4.31. The molecular weight excluding hydrogens is 185 g/mol. The van der Waals surface area contributed by atoms with Crippen molar-refractivity contribution in [3.05, 3.63) is 30.1 Å². The fourth-order valence-corrected chi connectivity index (χ4v) is 1.01. The molecular formula is C10H12FNO2. The fourth-order valence-electron chi connectivity index (χ4n) is 1.01. The Morgan fingerprint density at radius 1 is 1.50 bits per heavy atom. The van der Waals surface area contributed by atoms with Gasteiger partial charge >= 0.3 is 0 Å². The van der Waals surface area contributed by atoms with E-state index in [2.05, 4.69) is 5.32 Å². The van der Waals surface area contributed by atoms with E-state index in [9.17, 15) is 9.18 Å². The number of hydrogen-bond acceptors (Lipinski definition) is 2. The van der Waals surface area contributed by atoms with Crippen molar-refractivity contribution in [2.45, 2.75) is 19.4 Å². The first-order valence-corrected chi connectivity index (χ1v) is 4.31. The zero-order chi connectivity index (χ0) is 10.6. The molecule has 14 heavy (non-hydrogen) atoms. The number of carbonyl (C=O) groups excluding carboxylic acids is 1. The molecule has 1 aromatic carbocycles. The lowest BCUT2D eigenvalue weighted by molar-refractivity contribution is -0.117. The summed E-state index contributed by atoms with van der Waals surface area (Å²) in [5.74, 6) is -0.634. The summed E-state index contributed by atoms with van der Waals surface area (Å²) in [4.78, 5) is 11.1. The van der Waals surface area contributed by atoms with Crippen molar-refractivity contribution in [2.24, 2.45) is 0 Å². The summed E-state index contributed by atoms with van der Waals surface area (Å²) in [6.07, 6.45) is -0.632.